The van der Waals surface area contributed by atoms with Crippen molar-refractivity contribution in [2.75, 3.05) is 26.2 Å². The zero-order valence-corrected chi connectivity index (χ0v) is 14.4. The van der Waals surface area contributed by atoms with Gasteiger partial charge >= 0.3 is 5.97 Å². The minimum Gasteiger partial charge on any atom is -0.486 e. The summed E-state index contributed by atoms with van der Waals surface area (Å²) in [6.45, 7) is 4.15. The van der Waals surface area contributed by atoms with Crippen LogP contribution in [0.15, 0.2) is 24.3 Å². The van der Waals surface area contributed by atoms with Crippen molar-refractivity contribution in [2.24, 2.45) is 0 Å². The van der Waals surface area contributed by atoms with Gasteiger partial charge in [-0.05, 0) is 18.2 Å². The van der Waals surface area contributed by atoms with E-state index in [2.05, 4.69) is 0 Å². The highest BCUT2D eigenvalue weighted by Crippen LogP contribution is 2.23. The number of β-amino-alcohol motifs (C(OH)–C–C–N with tert-alkyl or cyclic N) is 1. The molecule has 1 aliphatic rings. The molecule has 2 atom stereocenters. The first-order valence-electron chi connectivity index (χ1n) is 7.72. The number of ether oxygens (including phenoxy) is 1. The zero-order valence-electron chi connectivity index (χ0n) is 13.6. The molecule has 2 N–H and O–H groups in total. The normalized spacial score (nSPS) is 22.0. The second-order valence-corrected chi connectivity index (χ2v) is 7.39. The summed E-state index contributed by atoms with van der Waals surface area (Å²) in [4.78, 5) is 11.0. The number of carboxylic acid groups (broad SMARTS) is 1. The predicted molar refractivity (Wildman–Crippen MR) is 87.2 cm³/mol. The van der Waals surface area contributed by atoms with Crippen LogP contribution in [-0.2, 0) is 10.2 Å². The number of hydrogen-bond acceptors (Lipinski definition) is 5. The average molecular weight is 358 g/mol. The molecule has 9 heteroatoms. The van der Waals surface area contributed by atoms with Gasteiger partial charge in [0, 0.05) is 19.6 Å². The molecule has 0 radical (unpaired) electrons. The summed E-state index contributed by atoms with van der Waals surface area (Å²) in [5, 5.41) is 19.1. The van der Waals surface area contributed by atoms with Gasteiger partial charge in [0.2, 0.25) is 0 Å². The third-order valence-electron chi connectivity index (χ3n) is 3.93. The Bertz CT molecular complexity index is 689. The Balaban J connectivity index is 2.12. The number of aromatic carboxylic acids is 1. The van der Waals surface area contributed by atoms with Crippen molar-refractivity contribution in [2.45, 2.75) is 26.1 Å². The molecular weight excluding hydrogens is 336 g/mol. The van der Waals surface area contributed by atoms with Gasteiger partial charge in [-0.1, -0.05) is 19.9 Å². The van der Waals surface area contributed by atoms with Crippen LogP contribution in [0.25, 0.3) is 0 Å². The fraction of sp³-hybridized carbons (Fsp3) is 0.533. The summed E-state index contributed by atoms with van der Waals surface area (Å²) < 4.78 is 33.1. The van der Waals surface area contributed by atoms with Crippen LogP contribution in [0, 0.1) is 0 Å². The Morgan fingerprint density at radius 3 is 2.58 bits per heavy atom. The lowest BCUT2D eigenvalue weighted by molar-refractivity contribution is 0.0688. The molecule has 1 fully saturated rings. The topological polar surface area (TPSA) is 107 Å². The van der Waals surface area contributed by atoms with Crippen molar-refractivity contribution < 1.29 is 28.2 Å². The Morgan fingerprint density at radius 1 is 1.33 bits per heavy atom. The van der Waals surface area contributed by atoms with Gasteiger partial charge in [-0.25, -0.2) is 4.79 Å². The fourth-order valence-corrected chi connectivity index (χ4v) is 4.27. The van der Waals surface area contributed by atoms with Gasteiger partial charge in [-0.2, -0.15) is 17.0 Å². The van der Waals surface area contributed by atoms with Crippen LogP contribution in [0.3, 0.4) is 0 Å². The third-order valence-corrected chi connectivity index (χ3v) is 6.05. The second-order valence-electron chi connectivity index (χ2n) is 5.47. The van der Waals surface area contributed by atoms with Gasteiger partial charge in [0.05, 0.1) is 12.1 Å². The quantitative estimate of drug-likeness (QED) is 0.730. The molecule has 0 unspecified atom stereocenters. The zero-order chi connectivity index (χ0) is 17.9. The number of nitrogens with zero attached hydrogens (tertiary/aromatic N) is 2. The van der Waals surface area contributed by atoms with E-state index in [1.807, 2.05) is 0 Å². The highest BCUT2D eigenvalue weighted by atomic mass is 32.2. The number of aliphatic hydroxyl groups is 1. The van der Waals surface area contributed by atoms with Gasteiger partial charge in [0.15, 0.2) is 0 Å². The van der Waals surface area contributed by atoms with E-state index in [-0.39, 0.29) is 24.4 Å². The molecule has 24 heavy (non-hydrogen) atoms. The SMILES string of the molecule is CCN(CC)S(=O)(=O)N1C[C@@H](O)[C@H](Oc2cccc(C(=O)O)c2)C1. The van der Waals surface area contributed by atoms with E-state index in [9.17, 15) is 18.3 Å². The molecular formula is C15H22N2O6S. The van der Waals surface area contributed by atoms with Crippen molar-refractivity contribution in [3.63, 3.8) is 0 Å². The van der Waals surface area contributed by atoms with E-state index in [0.29, 0.717) is 13.1 Å². The average Bonchev–Trinajstić information content (AvgIpc) is 2.90. The molecule has 0 bridgehead atoms. The van der Waals surface area contributed by atoms with Crippen LogP contribution in [0.4, 0.5) is 0 Å². The first kappa shape index (κ1) is 18.7. The standard InChI is InChI=1S/C15H22N2O6S/c1-3-16(4-2)24(21,22)17-9-13(18)14(10-17)23-12-7-5-6-11(8-12)15(19)20/h5-8,13-14,18H,3-4,9-10H2,1-2H3,(H,19,20)/t13-,14-/m1/s1. The van der Waals surface area contributed by atoms with Crippen LogP contribution in [0.2, 0.25) is 0 Å². The molecule has 8 nitrogen and oxygen atoms in total. The number of hydrogen-bond donors (Lipinski definition) is 2. The monoisotopic (exact) mass is 358 g/mol. The second kappa shape index (κ2) is 7.47. The van der Waals surface area contributed by atoms with Crippen molar-refractivity contribution >= 4 is 16.2 Å². The maximum Gasteiger partial charge on any atom is 0.335 e. The molecule has 0 saturated carbocycles. The first-order chi connectivity index (χ1) is 11.3. The van der Waals surface area contributed by atoms with Crippen molar-refractivity contribution in [1.82, 2.24) is 8.61 Å². The highest BCUT2D eigenvalue weighted by molar-refractivity contribution is 7.86. The van der Waals surface area contributed by atoms with E-state index >= 15 is 0 Å². The molecule has 1 saturated heterocycles. The van der Waals surface area contributed by atoms with E-state index in [4.69, 9.17) is 9.84 Å². The molecule has 2 rings (SSSR count). The summed E-state index contributed by atoms with van der Waals surface area (Å²) >= 11 is 0. The Morgan fingerprint density at radius 2 is 2.00 bits per heavy atom. The first-order valence-corrected chi connectivity index (χ1v) is 9.12. The van der Waals surface area contributed by atoms with Crippen molar-refractivity contribution in [1.29, 1.82) is 0 Å². The molecule has 134 valence electrons. The van der Waals surface area contributed by atoms with Gasteiger partial charge in [0.1, 0.15) is 18.0 Å². The lowest BCUT2D eigenvalue weighted by Gasteiger charge is -2.25. The lowest BCUT2D eigenvalue weighted by atomic mass is 10.2. The van der Waals surface area contributed by atoms with Crippen LogP contribution in [0.1, 0.15) is 24.2 Å². The maximum absolute atomic E-state index is 12.5. The molecule has 1 heterocycles. The third kappa shape index (κ3) is 3.86. The Labute approximate surface area is 141 Å². The number of benzene rings is 1. The van der Waals surface area contributed by atoms with E-state index in [1.54, 1.807) is 19.9 Å². The lowest BCUT2D eigenvalue weighted by Crippen LogP contribution is -2.43. The molecule has 1 aliphatic heterocycles. The summed E-state index contributed by atoms with van der Waals surface area (Å²) in [7, 11) is -3.65. The van der Waals surface area contributed by atoms with Crippen LogP contribution in [-0.4, -0.2) is 71.6 Å². The summed E-state index contributed by atoms with van der Waals surface area (Å²) in [5.74, 6) is -0.806. The Hall–Kier alpha value is -1.68. The van der Waals surface area contributed by atoms with Crippen LogP contribution in [0.5, 0.6) is 5.75 Å². The van der Waals surface area contributed by atoms with Gasteiger partial charge < -0.3 is 14.9 Å². The summed E-state index contributed by atoms with van der Waals surface area (Å²) in [6.07, 6.45) is -1.73. The molecule has 0 amide bonds. The van der Waals surface area contributed by atoms with Crippen molar-refractivity contribution in [3.05, 3.63) is 29.8 Å². The van der Waals surface area contributed by atoms with Crippen molar-refractivity contribution in [3.8, 4) is 5.75 Å². The number of carbonyl (C=O) groups is 1. The van der Waals surface area contributed by atoms with E-state index in [1.165, 1.54) is 26.8 Å². The highest BCUT2D eigenvalue weighted by Gasteiger charge is 2.41. The Kier molecular flexibility index (Phi) is 5.81. The number of rotatable bonds is 7. The van der Waals surface area contributed by atoms with Crippen LogP contribution >= 0.6 is 0 Å². The smallest absolute Gasteiger partial charge is 0.335 e. The molecule has 1 aromatic rings. The van der Waals surface area contributed by atoms with Gasteiger partial charge in [0.25, 0.3) is 10.2 Å². The maximum atomic E-state index is 12.5. The summed E-state index contributed by atoms with van der Waals surface area (Å²) in [6, 6.07) is 5.87. The predicted octanol–water partition coefficient (Wildman–Crippen LogP) is 0.395. The molecule has 1 aromatic carbocycles. The molecule has 0 spiro atoms. The van der Waals surface area contributed by atoms with Crippen LogP contribution < -0.4 is 4.74 Å². The largest absolute Gasteiger partial charge is 0.486 e. The van der Waals surface area contributed by atoms with E-state index in [0.717, 1.165) is 0 Å². The summed E-state index contributed by atoms with van der Waals surface area (Å²) in [5.41, 5.74) is 0.0626. The fourth-order valence-electron chi connectivity index (χ4n) is 2.62. The van der Waals surface area contributed by atoms with E-state index < -0.39 is 28.4 Å². The van der Waals surface area contributed by atoms with Gasteiger partial charge in [-0.15, -0.1) is 0 Å². The number of carboxylic acids is 1. The number of aliphatic hydroxyl groups excluding tert-OH is 1. The minimum absolute atomic E-state index is 0.0112. The molecule has 0 aliphatic carbocycles. The van der Waals surface area contributed by atoms with Gasteiger partial charge in [-0.3, -0.25) is 0 Å². The minimum atomic E-state index is -3.65. The molecule has 0 aromatic heterocycles.